The lowest BCUT2D eigenvalue weighted by molar-refractivity contribution is 0.127. The summed E-state index contributed by atoms with van der Waals surface area (Å²) in [6, 6.07) is 8.14. The van der Waals surface area contributed by atoms with E-state index < -0.39 is 0 Å². The molecule has 138 valence electrons. The van der Waals surface area contributed by atoms with Crippen molar-refractivity contribution in [3.63, 3.8) is 0 Å². The Bertz CT molecular complexity index is 867. The maximum Gasteiger partial charge on any atom is 0.230 e. The number of rotatable bonds is 5. The highest BCUT2D eigenvalue weighted by molar-refractivity contribution is 7.17. The molecule has 7 nitrogen and oxygen atoms in total. The van der Waals surface area contributed by atoms with Gasteiger partial charge in [-0.1, -0.05) is 23.5 Å². The molecule has 0 amide bonds. The first kappa shape index (κ1) is 17.3. The first-order chi connectivity index (χ1) is 12.7. The number of likely N-dealkylation sites (N-methyl/N-ethyl adjacent to an activating group) is 1. The quantitative estimate of drug-likeness (QED) is 0.740. The number of hydrogen-bond acceptors (Lipinski definition) is 7. The second-order valence-corrected chi connectivity index (χ2v) is 7.50. The van der Waals surface area contributed by atoms with Crippen molar-refractivity contribution in [3.05, 3.63) is 41.0 Å². The zero-order valence-electron chi connectivity index (χ0n) is 15.0. The minimum Gasteiger partial charge on any atom is -0.494 e. The number of benzene rings is 1. The van der Waals surface area contributed by atoms with E-state index in [2.05, 4.69) is 39.1 Å². The predicted molar refractivity (Wildman–Crippen MR) is 101 cm³/mol. The van der Waals surface area contributed by atoms with Crippen LogP contribution in [0.4, 0.5) is 0 Å². The number of hydrogen-bond donors (Lipinski definition) is 1. The van der Waals surface area contributed by atoms with Crippen LogP contribution in [0.3, 0.4) is 0 Å². The Labute approximate surface area is 156 Å². The molecule has 0 saturated carbocycles. The van der Waals surface area contributed by atoms with Gasteiger partial charge in [0.25, 0.3) is 0 Å². The summed E-state index contributed by atoms with van der Waals surface area (Å²) in [6.45, 7) is 6.54. The zero-order valence-corrected chi connectivity index (χ0v) is 15.8. The van der Waals surface area contributed by atoms with Gasteiger partial charge in [-0.25, -0.2) is 4.98 Å². The molecule has 26 heavy (non-hydrogen) atoms. The molecule has 1 aliphatic heterocycles. The third-order valence-electron chi connectivity index (χ3n) is 4.80. The number of thiazole rings is 1. The van der Waals surface area contributed by atoms with Crippen LogP contribution in [0.1, 0.15) is 23.4 Å². The van der Waals surface area contributed by atoms with Gasteiger partial charge in [0.05, 0.1) is 17.5 Å². The average molecular weight is 373 g/mol. The van der Waals surface area contributed by atoms with Crippen molar-refractivity contribution in [3.8, 4) is 11.6 Å². The lowest BCUT2D eigenvalue weighted by Crippen LogP contribution is -2.46. The number of fused-ring (bicyclic) bond motifs is 1. The van der Waals surface area contributed by atoms with E-state index in [9.17, 15) is 5.11 Å². The SMILES string of the molecule is CCOc1ccc(C(c2sc3ncnn3c2O)N2CCN(C)CC2)cc1. The number of aromatic hydroxyl groups is 1. The largest absolute Gasteiger partial charge is 0.494 e. The fourth-order valence-electron chi connectivity index (χ4n) is 3.39. The summed E-state index contributed by atoms with van der Waals surface area (Å²) in [5, 5.41) is 14.9. The minimum absolute atomic E-state index is 0.0205. The third kappa shape index (κ3) is 3.15. The lowest BCUT2D eigenvalue weighted by Gasteiger charge is -2.37. The molecule has 1 unspecified atom stereocenters. The van der Waals surface area contributed by atoms with E-state index in [4.69, 9.17) is 4.74 Å². The van der Waals surface area contributed by atoms with Crippen LogP contribution in [0.25, 0.3) is 4.96 Å². The van der Waals surface area contributed by atoms with Crippen LogP contribution < -0.4 is 4.74 Å². The van der Waals surface area contributed by atoms with E-state index in [0.717, 1.165) is 42.4 Å². The summed E-state index contributed by atoms with van der Waals surface area (Å²) in [7, 11) is 2.14. The summed E-state index contributed by atoms with van der Waals surface area (Å²) in [5.41, 5.74) is 1.14. The van der Waals surface area contributed by atoms with Crippen molar-refractivity contribution in [2.45, 2.75) is 13.0 Å². The molecule has 0 spiro atoms. The Morgan fingerprint density at radius 3 is 2.58 bits per heavy atom. The molecule has 3 heterocycles. The third-order valence-corrected chi connectivity index (χ3v) is 5.88. The maximum atomic E-state index is 10.7. The van der Waals surface area contributed by atoms with E-state index in [-0.39, 0.29) is 11.9 Å². The van der Waals surface area contributed by atoms with Gasteiger partial charge in [0, 0.05) is 26.2 Å². The monoisotopic (exact) mass is 373 g/mol. The van der Waals surface area contributed by atoms with Gasteiger partial charge >= 0.3 is 0 Å². The fraction of sp³-hybridized carbons (Fsp3) is 0.444. The predicted octanol–water partition coefficient (Wildman–Crippen LogP) is 2.23. The molecular weight excluding hydrogens is 350 g/mol. The molecule has 2 aromatic heterocycles. The summed E-state index contributed by atoms with van der Waals surface area (Å²) in [6.07, 6.45) is 1.47. The number of nitrogens with zero attached hydrogens (tertiary/aromatic N) is 5. The molecule has 0 bridgehead atoms. The van der Waals surface area contributed by atoms with Crippen molar-refractivity contribution in [2.24, 2.45) is 0 Å². The average Bonchev–Trinajstić information content (AvgIpc) is 3.22. The van der Waals surface area contributed by atoms with Crippen molar-refractivity contribution in [2.75, 3.05) is 39.8 Å². The number of ether oxygens (including phenoxy) is 1. The summed E-state index contributed by atoms with van der Waals surface area (Å²) >= 11 is 1.50. The Morgan fingerprint density at radius 2 is 1.92 bits per heavy atom. The number of piperazine rings is 1. The minimum atomic E-state index is -0.0205. The van der Waals surface area contributed by atoms with Crippen LogP contribution in [-0.4, -0.2) is 69.3 Å². The second kappa shape index (κ2) is 7.22. The Hall–Kier alpha value is -2.16. The highest BCUT2D eigenvalue weighted by Gasteiger charge is 2.30. The van der Waals surface area contributed by atoms with E-state index in [1.54, 1.807) is 0 Å². The van der Waals surface area contributed by atoms with Gasteiger partial charge in [0.1, 0.15) is 12.1 Å². The standard InChI is InChI=1S/C18H23N5O2S/c1-3-25-14-6-4-13(5-7-14)15(22-10-8-21(2)9-11-22)16-17(24)23-18(26-16)19-12-20-23/h4-7,12,15,24H,3,8-11H2,1-2H3. The first-order valence-electron chi connectivity index (χ1n) is 8.84. The van der Waals surface area contributed by atoms with Gasteiger partial charge in [-0.05, 0) is 31.7 Å². The Kier molecular flexibility index (Phi) is 4.80. The van der Waals surface area contributed by atoms with Crippen LogP contribution in [0.5, 0.6) is 11.6 Å². The van der Waals surface area contributed by atoms with E-state index in [1.165, 1.54) is 22.2 Å². The van der Waals surface area contributed by atoms with Gasteiger partial charge in [-0.2, -0.15) is 9.61 Å². The molecule has 1 N–H and O–H groups in total. The molecule has 1 aromatic carbocycles. The van der Waals surface area contributed by atoms with Gasteiger partial charge < -0.3 is 14.7 Å². The van der Waals surface area contributed by atoms with Gasteiger partial charge in [-0.15, -0.1) is 0 Å². The van der Waals surface area contributed by atoms with Crippen LogP contribution in [-0.2, 0) is 0 Å². The fourth-order valence-corrected chi connectivity index (χ4v) is 4.48. The van der Waals surface area contributed by atoms with Crippen molar-refractivity contribution in [1.29, 1.82) is 0 Å². The smallest absolute Gasteiger partial charge is 0.230 e. The molecule has 1 saturated heterocycles. The number of aromatic nitrogens is 3. The van der Waals surface area contributed by atoms with Crippen LogP contribution in [0.2, 0.25) is 0 Å². The molecule has 1 fully saturated rings. The van der Waals surface area contributed by atoms with Crippen molar-refractivity contribution < 1.29 is 9.84 Å². The molecular formula is C18H23N5O2S. The summed E-state index contributed by atoms with van der Waals surface area (Å²) in [4.78, 5) is 10.6. The van der Waals surface area contributed by atoms with Crippen molar-refractivity contribution in [1.82, 2.24) is 24.4 Å². The second-order valence-electron chi connectivity index (χ2n) is 6.49. The topological polar surface area (TPSA) is 66.1 Å². The zero-order chi connectivity index (χ0) is 18.1. The normalized spacial score (nSPS) is 17.6. The Balaban J connectivity index is 1.73. The summed E-state index contributed by atoms with van der Waals surface area (Å²) in [5.74, 6) is 1.04. The van der Waals surface area contributed by atoms with Gasteiger partial charge in [0.2, 0.25) is 10.8 Å². The molecule has 4 rings (SSSR count). The van der Waals surface area contributed by atoms with E-state index in [1.807, 2.05) is 19.1 Å². The molecule has 1 atom stereocenters. The maximum absolute atomic E-state index is 10.7. The Morgan fingerprint density at radius 1 is 1.19 bits per heavy atom. The summed E-state index contributed by atoms with van der Waals surface area (Å²) < 4.78 is 7.09. The van der Waals surface area contributed by atoms with Crippen molar-refractivity contribution >= 4 is 16.3 Å². The van der Waals surface area contributed by atoms with Crippen LogP contribution in [0, 0.1) is 0 Å². The molecule has 0 radical (unpaired) electrons. The highest BCUT2D eigenvalue weighted by Crippen LogP contribution is 2.40. The van der Waals surface area contributed by atoms with Gasteiger partial charge in [0.15, 0.2) is 0 Å². The molecule has 1 aliphatic rings. The van der Waals surface area contributed by atoms with E-state index in [0.29, 0.717) is 11.6 Å². The highest BCUT2D eigenvalue weighted by atomic mass is 32.1. The lowest BCUT2D eigenvalue weighted by atomic mass is 10.0. The van der Waals surface area contributed by atoms with Crippen LogP contribution in [0.15, 0.2) is 30.6 Å². The molecule has 8 heteroatoms. The molecule has 3 aromatic rings. The van der Waals surface area contributed by atoms with Gasteiger partial charge in [-0.3, -0.25) is 4.90 Å². The van der Waals surface area contributed by atoms with E-state index >= 15 is 0 Å². The first-order valence-corrected chi connectivity index (χ1v) is 9.65. The van der Waals surface area contributed by atoms with Crippen LogP contribution >= 0.6 is 11.3 Å². The molecule has 0 aliphatic carbocycles.